The molecule has 2 aromatic carbocycles. The Balaban J connectivity index is 2.01. The van der Waals surface area contributed by atoms with E-state index in [0.717, 1.165) is 0 Å². The molecule has 2 aromatic rings. The van der Waals surface area contributed by atoms with Crippen LogP contribution in [0.3, 0.4) is 0 Å². The topological polar surface area (TPSA) is 88.1 Å². The number of fused-ring (bicyclic) bond motifs is 4. The molecule has 0 unspecified atom stereocenters. The first-order valence-corrected chi connectivity index (χ1v) is 9.87. The highest BCUT2D eigenvalue weighted by atomic mass is 16.6. The van der Waals surface area contributed by atoms with Gasteiger partial charge in [0.2, 0.25) is 0 Å². The van der Waals surface area contributed by atoms with Gasteiger partial charge in [-0.25, -0.2) is 4.79 Å². The quantitative estimate of drug-likeness (QED) is 0.401. The summed E-state index contributed by atoms with van der Waals surface area (Å²) in [6, 6.07) is 9.70. The van der Waals surface area contributed by atoms with Crippen molar-refractivity contribution in [3.05, 3.63) is 83.5 Å². The molecule has 2 heterocycles. The van der Waals surface area contributed by atoms with Gasteiger partial charge in [0, 0.05) is 42.7 Å². The Kier molecular flexibility index (Phi) is 5.18. The van der Waals surface area contributed by atoms with E-state index in [4.69, 9.17) is 18.9 Å². The molecule has 0 amide bonds. The summed E-state index contributed by atoms with van der Waals surface area (Å²) in [6.07, 6.45) is 4.98. The molecule has 0 aromatic heterocycles. The number of hydrogen-bond donors (Lipinski definition) is 0. The number of rotatable bonds is 3. The minimum absolute atomic E-state index is 0.274. The van der Waals surface area contributed by atoms with E-state index in [1.54, 1.807) is 61.5 Å². The van der Waals surface area contributed by atoms with Crippen molar-refractivity contribution in [3.63, 3.8) is 0 Å². The van der Waals surface area contributed by atoms with Gasteiger partial charge in [0.1, 0.15) is 23.0 Å². The minimum Gasteiger partial charge on any atom is -0.456 e. The Hall–Kier alpha value is -4.13. The molecule has 0 N–H and O–H groups in total. The molecule has 2 aliphatic rings. The van der Waals surface area contributed by atoms with E-state index in [1.165, 1.54) is 13.8 Å². The third-order valence-corrected chi connectivity index (χ3v) is 5.12. The van der Waals surface area contributed by atoms with Crippen LogP contribution in [0.4, 0.5) is 0 Å². The number of ether oxygens (including phenoxy) is 4. The maximum Gasteiger partial charge on any atom is 0.339 e. The summed E-state index contributed by atoms with van der Waals surface area (Å²) in [5.41, 5.74) is 0.779. The second-order valence-corrected chi connectivity index (χ2v) is 7.19. The maximum absolute atomic E-state index is 12.9. The van der Waals surface area contributed by atoms with E-state index in [0.29, 0.717) is 33.8 Å². The molecule has 4 rings (SSSR count). The Labute approximate surface area is 184 Å². The number of esters is 3. The molecule has 0 aliphatic carbocycles. The van der Waals surface area contributed by atoms with Crippen LogP contribution in [0, 0.1) is 0 Å². The van der Waals surface area contributed by atoms with Crippen LogP contribution >= 0.6 is 0 Å². The van der Waals surface area contributed by atoms with Crippen LogP contribution in [-0.4, -0.2) is 17.9 Å². The van der Waals surface area contributed by atoms with Crippen LogP contribution in [0.5, 0.6) is 23.0 Å². The van der Waals surface area contributed by atoms with E-state index >= 15 is 0 Å². The fourth-order valence-corrected chi connectivity index (χ4v) is 4.03. The van der Waals surface area contributed by atoms with Crippen LogP contribution in [-0.2, 0) is 24.7 Å². The predicted molar refractivity (Wildman–Crippen MR) is 114 cm³/mol. The normalized spacial score (nSPS) is 17.9. The standard InChI is InChI=1S/C25H20O7/c1-5-7-19-18(6-2)24(28)32-25(19)20-10-8-16(29-14(3)26)12-22(20)31-23-13-17(30-15(4)27)9-11-21(23)25/h5-13H,1H2,2-4H3/b18-6+,19-7+. The highest BCUT2D eigenvalue weighted by Gasteiger charge is 2.55. The van der Waals surface area contributed by atoms with Crippen LogP contribution in [0.2, 0.25) is 0 Å². The zero-order valence-electron chi connectivity index (χ0n) is 17.8. The van der Waals surface area contributed by atoms with Gasteiger partial charge in [-0.1, -0.05) is 24.8 Å². The fourth-order valence-electron chi connectivity index (χ4n) is 4.03. The SMILES string of the molecule is C=C/C=C1\C(=C/C)C(=O)OC12c1ccc(OC(C)=O)cc1Oc1cc(OC(C)=O)ccc12. The van der Waals surface area contributed by atoms with Crippen molar-refractivity contribution in [3.8, 4) is 23.0 Å². The Morgan fingerprint density at radius 1 is 0.969 bits per heavy atom. The number of carbonyl (C=O) groups excluding carboxylic acids is 3. The summed E-state index contributed by atoms with van der Waals surface area (Å²) < 4.78 is 22.5. The summed E-state index contributed by atoms with van der Waals surface area (Å²) in [5, 5.41) is 0. The first-order valence-electron chi connectivity index (χ1n) is 9.87. The number of benzene rings is 2. The summed E-state index contributed by atoms with van der Waals surface area (Å²) in [7, 11) is 0. The molecule has 32 heavy (non-hydrogen) atoms. The van der Waals surface area contributed by atoms with E-state index in [1.807, 2.05) is 0 Å². The minimum atomic E-state index is -1.32. The zero-order valence-corrected chi connectivity index (χ0v) is 17.8. The first kappa shape index (κ1) is 21.1. The fraction of sp³-hybridized carbons (Fsp3) is 0.160. The van der Waals surface area contributed by atoms with E-state index in [-0.39, 0.29) is 11.5 Å². The maximum atomic E-state index is 12.9. The lowest BCUT2D eigenvalue weighted by Crippen LogP contribution is -2.32. The van der Waals surface area contributed by atoms with Gasteiger partial charge >= 0.3 is 17.9 Å². The average molecular weight is 432 g/mol. The van der Waals surface area contributed by atoms with Crippen LogP contribution in [0.1, 0.15) is 31.9 Å². The van der Waals surface area contributed by atoms with Crippen molar-refractivity contribution in [2.24, 2.45) is 0 Å². The molecular formula is C25H20O7. The van der Waals surface area contributed by atoms with Crippen LogP contribution in [0.15, 0.2) is 72.4 Å². The van der Waals surface area contributed by atoms with Crippen molar-refractivity contribution in [2.75, 3.05) is 0 Å². The monoisotopic (exact) mass is 432 g/mol. The van der Waals surface area contributed by atoms with Crippen molar-refractivity contribution in [1.82, 2.24) is 0 Å². The third kappa shape index (κ3) is 3.28. The molecule has 2 aliphatic heterocycles. The van der Waals surface area contributed by atoms with Gasteiger partial charge in [0.25, 0.3) is 0 Å². The Morgan fingerprint density at radius 2 is 1.50 bits per heavy atom. The van der Waals surface area contributed by atoms with Crippen molar-refractivity contribution >= 4 is 17.9 Å². The molecule has 0 radical (unpaired) electrons. The van der Waals surface area contributed by atoms with E-state index < -0.39 is 23.5 Å². The lowest BCUT2D eigenvalue weighted by molar-refractivity contribution is -0.143. The molecule has 0 saturated carbocycles. The molecule has 7 heteroatoms. The smallest absolute Gasteiger partial charge is 0.339 e. The lowest BCUT2D eigenvalue weighted by Gasteiger charge is -2.36. The van der Waals surface area contributed by atoms with Crippen molar-refractivity contribution in [1.29, 1.82) is 0 Å². The van der Waals surface area contributed by atoms with Gasteiger partial charge in [-0.05, 0) is 31.2 Å². The third-order valence-electron chi connectivity index (χ3n) is 5.12. The van der Waals surface area contributed by atoms with E-state index in [9.17, 15) is 14.4 Å². The summed E-state index contributed by atoms with van der Waals surface area (Å²) >= 11 is 0. The molecule has 1 fully saturated rings. The second kappa shape index (κ2) is 7.85. The van der Waals surface area contributed by atoms with Crippen LogP contribution < -0.4 is 14.2 Å². The van der Waals surface area contributed by atoms with Gasteiger partial charge in [0.05, 0.1) is 5.57 Å². The molecule has 0 bridgehead atoms. The number of carbonyl (C=O) groups is 3. The average Bonchev–Trinajstić information content (AvgIpc) is 2.99. The number of allylic oxidation sites excluding steroid dienone is 3. The van der Waals surface area contributed by atoms with Crippen LogP contribution in [0.25, 0.3) is 0 Å². The summed E-state index contributed by atoms with van der Waals surface area (Å²) in [4.78, 5) is 35.7. The first-order chi connectivity index (χ1) is 15.3. The molecule has 162 valence electrons. The van der Waals surface area contributed by atoms with Gasteiger partial charge in [-0.2, -0.15) is 0 Å². The molecule has 0 atom stereocenters. The summed E-state index contributed by atoms with van der Waals surface area (Å²) in [6.45, 7) is 8.13. The lowest BCUT2D eigenvalue weighted by atomic mass is 9.76. The molecule has 1 spiro atoms. The molecule has 1 saturated heterocycles. The summed E-state index contributed by atoms with van der Waals surface area (Å²) in [5.74, 6) is -0.251. The van der Waals surface area contributed by atoms with Gasteiger partial charge in [0.15, 0.2) is 5.60 Å². The van der Waals surface area contributed by atoms with Crippen molar-refractivity contribution in [2.45, 2.75) is 26.4 Å². The van der Waals surface area contributed by atoms with Gasteiger partial charge in [-0.3, -0.25) is 9.59 Å². The molecular weight excluding hydrogens is 412 g/mol. The van der Waals surface area contributed by atoms with Gasteiger partial charge < -0.3 is 18.9 Å². The Morgan fingerprint density at radius 3 is 1.94 bits per heavy atom. The second-order valence-electron chi connectivity index (χ2n) is 7.19. The predicted octanol–water partition coefficient (Wildman–Crippen LogP) is 4.50. The number of hydrogen-bond acceptors (Lipinski definition) is 7. The largest absolute Gasteiger partial charge is 0.456 e. The van der Waals surface area contributed by atoms with Gasteiger partial charge in [-0.15, -0.1) is 0 Å². The molecule has 7 nitrogen and oxygen atoms in total. The highest BCUT2D eigenvalue weighted by Crippen LogP contribution is 2.58. The Bertz CT molecular complexity index is 1170. The zero-order chi connectivity index (χ0) is 23.0. The van der Waals surface area contributed by atoms with Crippen molar-refractivity contribution < 1.29 is 33.3 Å². The van der Waals surface area contributed by atoms with E-state index in [2.05, 4.69) is 6.58 Å². The highest BCUT2D eigenvalue weighted by molar-refractivity contribution is 6.00.